The summed E-state index contributed by atoms with van der Waals surface area (Å²) < 4.78 is 27.4. The summed E-state index contributed by atoms with van der Waals surface area (Å²) in [7, 11) is 0. The maximum absolute atomic E-state index is 13.5. The average Bonchev–Trinajstić information content (AvgIpc) is 2.33. The zero-order chi connectivity index (χ0) is 13.1. The highest BCUT2D eigenvalue weighted by Crippen LogP contribution is 2.21. The summed E-state index contributed by atoms with van der Waals surface area (Å²) in [5.41, 5.74) is 2.54. The first kappa shape index (κ1) is 13.3. The molecule has 0 aliphatic heterocycles. The van der Waals surface area contributed by atoms with Crippen LogP contribution in [0.1, 0.15) is 11.1 Å². The Kier molecular flexibility index (Phi) is 4.16. The second-order valence-corrected chi connectivity index (χ2v) is 5.16. The minimum Gasteiger partial charge on any atom is -0.381 e. The number of nitrogens with one attached hydrogen (secondary N) is 1. The van der Waals surface area contributed by atoms with Crippen molar-refractivity contribution < 1.29 is 8.78 Å². The van der Waals surface area contributed by atoms with Crippen molar-refractivity contribution >= 4 is 28.3 Å². The molecule has 2 aromatic carbocycles. The Morgan fingerprint density at radius 2 is 1.94 bits per heavy atom. The van der Waals surface area contributed by atoms with E-state index in [0.29, 0.717) is 12.1 Å². The lowest BCUT2D eigenvalue weighted by Gasteiger charge is -2.11. The van der Waals surface area contributed by atoms with Crippen molar-refractivity contribution in [3.63, 3.8) is 0 Å². The molecule has 18 heavy (non-hydrogen) atoms. The topological polar surface area (TPSA) is 12.0 Å². The average molecular weight is 359 g/mol. The van der Waals surface area contributed by atoms with Crippen molar-refractivity contribution in [1.82, 2.24) is 0 Å². The highest BCUT2D eigenvalue weighted by Gasteiger charge is 2.05. The monoisotopic (exact) mass is 359 g/mol. The molecule has 0 saturated heterocycles. The van der Waals surface area contributed by atoms with Crippen molar-refractivity contribution in [3.05, 3.63) is 62.7 Å². The maximum atomic E-state index is 13.5. The first-order valence-corrected chi connectivity index (χ1v) is 6.58. The van der Waals surface area contributed by atoms with Crippen LogP contribution in [0, 0.1) is 22.1 Å². The number of hydrogen-bond acceptors (Lipinski definition) is 1. The van der Waals surface area contributed by atoms with Gasteiger partial charge in [-0.25, -0.2) is 8.78 Å². The van der Waals surface area contributed by atoms with Gasteiger partial charge in [0.05, 0.1) is 0 Å². The van der Waals surface area contributed by atoms with Crippen LogP contribution in [0.3, 0.4) is 0 Å². The molecule has 0 saturated carbocycles. The Labute approximate surface area is 118 Å². The number of hydrogen-bond donors (Lipinski definition) is 1. The Bertz CT molecular complexity index is 570. The molecule has 1 nitrogen and oxygen atoms in total. The van der Waals surface area contributed by atoms with Crippen LogP contribution >= 0.6 is 22.6 Å². The standard InChI is InChI=1S/C14H12F2IN/c1-9-13(17)3-2-4-14(9)18-8-10-5-6-11(15)7-12(10)16/h2-7,18H,8H2,1H3. The molecule has 2 aromatic rings. The molecule has 1 N–H and O–H groups in total. The third kappa shape index (κ3) is 2.98. The summed E-state index contributed by atoms with van der Waals surface area (Å²) in [5.74, 6) is -1.08. The molecule has 0 spiro atoms. The van der Waals surface area contributed by atoms with Gasteiger partial charge in [0.15, 0.2) is 0 Å². The van der Waals surface area contributed by atoms with E-state index >= 15 is 0 Å². The van der Waals surface area contributed by atoms with Crippen LogP contribution in [0.5, 0.6) is 0 Å². The molecule has 4 heteroatoms. The molecule has 0 unspecified atom stereocenters. The predicted molar refractivity (Wildman–Crippen MR) is 77.6 cm³/mol. The van der Waals surface area contributed by atoms with Gasteiger partial charge >= 0.3 is 0 Å². The summed E-state index contributed by atoms with van der Waals surface area (Å²) in [6, 6.07) is 9.53. The Morgan fingerprint density at radius 1 is 1.17 bits per heavy atom. The van der Waals surface area contributed by atoms with Gasteiger partial charge in [0.25, 0.3) is 0 Å². The van der Waals surface area contributed by atoms with E-state index in [2.05, 4.69) is 27.9 Å². The van der Waals surface area contributed by atoms with E-state index in [-0.39, 0.29) is 0 Å². The van der Waals surface area contributed by atoms with E-state index < -0.39 is 11.6 Å². The van der Waals surface area contributed by atoms with Crippen molar-refractivity contribution in [2.75, 3.05) is 5.32 Å². The minimum absolute atomic E-state index is 0.340. The largest absolute Gasteiger partial charge is 0.381 e. The Hall–Kier alpha value is -1.17. The molecular weight excluding hydrogens is 347 g/mol. The lowest BCUT2D eigenvalue weighted by Crippen LogP contribution is -2.04. The smallest absolute Gasteiger partial charge is 0.131 e. The normalized spacial score (nSPS) is 10.4. The zero-order valence-electron chi connectivity index (χ0n) is 9.81. The molecule has 0 aromatic heterocycles. The van der Waals surface area contributed by atoms with Crippen molar-refractivity contribution in [2.24, 2.45) is 0 Å². The lowest BCUT2D eigenvalue weighted by atomic mass is 10.1. The number of anilines is 1. The molecule has 0 fully saturated rings. The Morgan fingerprint density at radius 3 is 2.67 bits per heavy atom. The molecular formula is C14H12F2IN. The summed E-state index contributed by atoms with van der Waals surface area (Å²) in [5, 5.41) is 3.16. The SMILES string of the molecule is Cc1c(I)cccc1NCc1ccc(F)cc1F. The number of halogens is 3. The summed E-state index contributed by atoms with van der Waals surface area (Å²) >= 11 is 2.25. The van der Waals surface area contributed by atoms with Crippen LogP contribution in [-0.2, 0) is 6.54 Å². The van der Waals surface area contributed by atoms with Gasteiger partial charge in [-0.2, -0.15) is 0 Å². The van der Waals surface area contributed by atoms with Gasteiger partial charge in [0.2, 0.25) is 0 Å². The van der Waals surface area contributed by atoms with E-state index in [1.165, 1.54) is 12.1 Å². The van der Waals surface area contributed by atoms with E-state index in [1.807, 2.05) is 25.1 Å². The molecule has 0 aliphatic rings. The van der Waals surface area contributed by atoms with Gasteiger partial charge in [-0.1, -0.05) is 12.1 Å². The fourth-order valence-corrected chi connectivity index (χ4v) is 2.15. The van der Waals surface area contributed by atoms with Crippen LogP contribution in [0.15, 0.2) is 36.4 Å². The molecule has 0 aliphatic carbocycles. The third-order valence-corrected chi connectivity index (χ3v) is 3.92. The molecule has 94 valence electrons. The van der Waals surface area contributed by atoms with Crippen molar-refractivity contribution in [3.8, 4) is 0 Å². The van der Waals surface area contributed by atoms with Crippen LogP contribution in [0.2, 0.25) is 0 Å². The molecule has 0 bridgehead atoms. The van der Waals surface area contributed by atoms with Gasteiger partial charge in [0.1, 0.15) is 11.6 Å². The minimum atomic E-state index is -0.554. The number of rotatable bonds is 3. The van der Waals surface area contributed by atoms with Crippen LogP contribution in [0.25, 0.3) is 0 Å². The van der Waals surface area contributed by atoms with Gasteiger partial charge in [0, 0.05) is 27.4 Å². The van der Waals surface area contributed by atoms with E-state index in [0.717, 1.165) is 20.9 Å². The van der Waals surface area contributed by atoms with E-state index in [4.69, 9.17) is 0 Å². The maximum Gasteiger partial charge on any atom is 0.131 e. The van der Waals surface area contributed by atoms with Gasteiger partial charge in [-0.05, 0) is 53.3 Å². The Balaban J connectivity index is 2.14. The fraction of sp³-hybridized carbons (Fsp3) is 0.143. The molecule has 0 heterocycles. The molecule has 0 radical (unpaired) electrons. The highest BCUT2D eigenvalue weighted by molar-refractivity contribution is 14.1. The molecule has 0 atom stereocenters. The van der Waals surface area contributed by atoms with Crippen LogP contribution < -0.4 is 5.32 Å². The second kappa shape index (κ2) is 5.65. The summed E-state index contributed by atoms with van der Waals surface area (Å²) in [6.45, 7) is 2.35. The quantitative estimate of drug-likeness (QED) is 0.797. The van der Waals surface area contributed by atoms with Crippen molar-refractivity contribution in [2.45, 2.75) is 13.5 Å². The highest BCUT2D eigenvalue weighted by atomic mass is 127. The van der Waals surface area contributed by atoms with Gasteiger partial charge < -0.3 is 5.32 Å². The first-order chi connectivity index (χ1) is 8.58. The summed E-state index contributed by atoms with van der Waals surface area (Å²) in [6.07, 6.45) is 0. The zero-order valence-corrected chi connectivity index (χ0v) is 12.0. The van der Waals surface area contributed by atoms with Crippen LogP contribution in [-0.4, -0.2) is 0 Å². The number of benzene rings is 2. The third-order valence-electron chi connectivity index (χ3n) is 2.75. The molecule has 0 amide bonds. The van der Waals surface area contributed by atoms with Gasteiger partial charge in [-0.15, -0.1) is 0 Å². The van der Waals surface area contributed by atoms with Gasteiger partial charge in [-0.3, -0.25) is 0 Å². The van der Waals surface area contributed by atoms with E-state index in [1.54, 1.807) is 0 Å². The predicted octanol–water partition coefficient (Wildman–Crippen LogP) is 4.49. The summed E-state index contributed by atoms with van der Waals surface area (Å²) in [4.78, 5) is 0. The second-order valence-electron chi connectivity index (χ2n) is 4.00. The molecule has 2 rings (SSSR count). The lowest BCUT2D eigenvalue weighted by molar-refractivity contribution is 0.574. The van der Waals surface area contributed by atoms with Crippen LogP contribution in [0.4, 0.5) is 14.5 Å². The first-order valence-electron chi connectivity index (χ1n) is 5.51. The van der Waals surface area contributed by atoms with E-state index in [9.17, 15) is 8.78 Å². The fourth-order valence-electron chi connectivity index (χ4n) is 1.65. The van der Waals surface area contributed by atoms with Crippen molar-refractivity contribution in [1.29, 1.82) is 0 Å².